The Hall–Kier alpha value is -2.94. The third kappa shape index (κ3) is 6.03. The first-order valence-electron chi connectivity index (χ1n) is 9.41. The number of nitrogens with zero attached hydrogens (tertiary/aromatic N) is 1. The summed E-state index contributed by atoms with van der Waals surface area (Å²) in [6, 6.07) is 11.5. The smallest absolute Gasteiger partial charge is 0.241 e. The number of carbonyl (C=O) groups is 1. The number of nitrogens with one attached hydrogen (secondary N) is 1. The van der Waals surface area contributed by atoms with E-state index >= 15 is 0 Å². The lowest BCUT2D eigenvalue weighted by atomic mass is 10.1. The lowest BCUT2D eigenvalue weighted by Gasteiger charge is -2.24. The SMILES string of the molecule is CCOc1cccc(N(CC(=O)N[C@H](C)c2cc(OC)ccc2OC)S(C)(=O)=O)c1. The van der Waals surface area contributed by atoms with Crippen LogP contribution in [-0.2, 0) is 14.8 Å². The molecule has 30 heavy (non-hydrogen) atoms. The lowest BCUT2D eigenvalue weighted by Crippen LogP contribution is -2.41. The quantitative estimate of drug-likeness (QED) is 0.616. The van der Waals surface area contributed by atoms with Gasteiger partial charge in [-0.3, -0.25) is 9.10 Å². The standard InChI is InChI=1S/C21H28N2O6S/c1-6-29-18-9-7-8-16(12-18)23(30(5,25)26)14-21(24)22-15(2)19-13-17(27-3)10-11-20(19)28-4/h7-13,15H,6,14H2,1-5H3,(H,22,24)/t15-/m1/s1. The topological polar surface area (TPSA) is 94.2 Å². The van der Waals surface area contributed by atoms with Crippen LogP contribution in [0.1, 0.15) is 25.5 Å². The fraction of sp³-hybridized carbons (Fsp3) is 0.381. The molecule has 8 nitrogen and oxygen atoms in total. The number of hydrogen-bond donors (Lipinski definition) is 1. The zero-order valence-corrected chi connectivity index (χ0v) is 18.7. The maximum Gasteiger partial charge on any atom is 0.241 e. The summed E-state index contributed by atoms with van der Waals surface area (Å²) in [4.78, 5) is 12.7. The molecule has 1 amide bonds. The van der Waals surface area contributed by atoms with Crippen molar-refractivity contribution in [2.24, 2.45) is 0 Å². The van der Waals surface area contributed by atoms with E-state index in [0.717, 1.165) is 16.1 Å². The van der Waals surface area contributed by atoms with Crippen molar-refractivity contribution in [3.05, 3.63) is 48.0 Å². The number of hydrogen-bond acceptors (Lipinski definition) is 6. The van der Waals surface area contributed by atoms with E-state index in [1.807, 2.05) is 6.92 Å². The van der Waals surface area contributed by atoms with E-state index in [4.69, 9.17) is 14.2 Å². The van der Waals surface area contributed by atoms with Crippen LogP contribution in [0.5, 0.6) is 17.2 Å². The molecule has 9 heteroatoms. The average Bonchev–Trinajstić information content (AvgIpc) is 2.71. The Balaban J connectivity index is 2.22. The van der Waals surface area contributed by atoms with E-state index in [2.05, 4.69) is 5.32 Å². The van der Waals surface area contributed by atoms with Crippen LogP contribution >= 0.6 is 0 Å². The Morgan fingerprint density at radius 3 is 2.43 bits per heavy atom. The molecule has 0 saturated carbocycles. The molecule has 0 aliphatic heterocycles. The van der Waals surface area contributed by atoms with E-state index in [-0.39, 0.29) is 6.54 Å². The van der Waals surface area contributed by atoms with Crippen LogP contribution in [-0.4, -0.2) is 48.0 Å². The lowest BCUT2D eigenvalue weighted by molar-refractivity contribution is -0.120. The fourth-order valence-electron chi connectivity index (χ4n) is 2.97. The molecule has 2 rings (SSSR count). The number of methoxy groups -OCH3 is 2. The van der Waals surface area contributed by atoms with Gasteiger partial charge in [-0.15, -0.1) is 0 Å². The van der Waals surface area contributed by atoms with E-state index in [9.17, 15) is 13.2 Å². The number of benzene rings is 2. The molecule has 2 aromatic rings. The van der Waals surface area contributed by atoms with Gasteiger partial charge in [0.05, 0.1) is 38.8 Å². The maximum atomic E-state index is 12.7. The predicted octanol–water partition coefficient (Wildman–Crippen LogP) is 2.75. The molecule has 2 aromatic carbocycles. The molecule has 0 aliphatic carbocycles. The summed E-state index contributed by atoms with van der Waals surface area (Å²) in [5.41, 5.74) is 1.07. The molecule has 1 atom stereocenters. The van der Waals surface area contributed by atoms with Crippen molar-refractivity contribution in [3.8, 4) is 17.2 Å². The van der Waals surface area contributed by atoms with Gasteiger partial charge in [0.2, 0.25) is 15.9 Å². The minimum absolute atomic E-state index is 0.352. The first-order chi connectivity index (χ1) is 14.2. The van der Waals surface area contributed by atoms with Gasteiger partial charge in [-0.2, -0.15) is 0 Å². The number of anilines is 1. The normalized spacial score (nSPS) is 12.0. The predicted molar refractivity (Wildman–Crippen MR) is 116 cm³/mol. The third-order valence-corrected chi connectivity index (χ3v) is 5.53. The molecule has 0 saturated heterocycles. The van der Waals surface area contributed by atoms with Gasteiger partial charge < -0.3 is 19.5 Å². The molecule has 0 spiro atoms. The third-order valence-electron chi connectivity index (χ3n) is 4.39. The first-order valence-corrected chi connectivity index (χ1v) is 11.3. The molecule has 0 radical (unpaired) electrons. The molecule has 0 aromatic heterocycles. The molecule has 0 bridgehead atoms. The van der Waals surface area contributed by atoms with Crippen LogP contribution in [0.25, 0.3) is 0 Å². The monoisotopic (exact) mass is 436 g/mol. The van der Waals surface area contributed by atoms with Gasteiger partial charge in [-0.05, 0) is 44.2 Å². The van der Waals surface area contributed by atoms with Crippen molar-refractivity contribution in [1.29, 1.82) is 0 Å². The highest BCUT2D eigenvalue weighted by atomic mass is 32.2. The molecule has 0 unspecified atom stereocenters. The van der Waals surface area contributed by atoms with Gasteiger partial charge in [-0.25, -0.2) is 8.42 Å². The van der Waals surface area contributed by atoms with Crippen LogP contribution in [0, 0.1) is 0 Å². The van der Waals surface area contributed by atoms with Crippen LogP contribution < -0.4 is 23.8 Å². The summed E-state index contributed by atoms with van der Waals surface area (Å²) >= 11 is 0. The van der Waals surface area contributed by atoms with Crippen molar-refractivity contribution in [2.45, 2.75) is 19.9 Å². The second kappa shape index (κ2) is 10.2. The van der Waals surface area contributed by atoms with Gasteiger partial charge >= 0.3 is 0 Å². The molecule has 0 aliphatic rings. The Bertz CT molecular complexity index is 977. The molecule has 0 heterocycles. The van der Waals surface area contributed by atoms with Crippen molar-refractivity contribution < 1.29 is 27.4 Å². The summed E-state index contributed by atoms with van der Waals surface area (Å²) < 4.78 is 41.8. The summed E-state index contributed by atoms with van der Waals surface area (Å²) in [7, 11) is -0.607. The van der Waals surface area contributed by atoms with Gasteiger partial charge in [0.15, 0.2) is 0 Å². The van der Waals surface area contributed by atoms with E-state index < -0.39 is 22.0 Å². The van der Waals surface area contributed by atoms with E-state index in [0.29, 0.717) is 29.5 Å². The van der Waals surface area contributed by atoms with E-state index in [1.165, 1.54) is 7.11 Å². The number of ether oxygens (including phenoxy) is 3. The van der Waals surface area contributed by atoms with Crippen LogP contribution in [0.15, 0.2) is 42.5 Å². The Morgan fingerprint density at radius 2 is 1.83 bits per heavy atom. The second-order valence-corrected chi connectivity index (χ2v) is 8.50. The number of carbonyl (C=O) groups excluding carboxylic acids is 1. The molecule has 1 N–H and O–H groups in total. The van der Waals surface area contributed by atoms with Crippen LogP contribution in [0.3, 0.4) is 0 Å². The number of amides is 1. The Kier molecular flexibility index (Phi) is 7.93. The van der Waals surface area contributed by atoms with Crippen LogP contribution in [0.4, 0.5) is 5.69 Å². The highest BCUT2D eigenvalue weighted by Gasteiger charge is 2.23. The number of rotatable bonds is 10. The van der Waals surface area contributed by atoms with Gasteiger partial charge in [0.1, 0.15) is 23.8 Å². The minimum Gasteiger partial charge on any atom is -0.497 e. The van der Waals surface area contributed by atoms with Gasteiger partial charge in [0.25, 0.3) is 0 Å². The summed E-state index contributed by atoms with van der Waals surface area (Å²) in [5, 5.41) is 2.82. The molecular weight excluding hydrogens is 408 g/mol. The van der Waals surface area contributed by atoms with E-state index in [1.54, 1.807) is 56.5 Å². The molecular formula is C21H28N2O6S. The van der Waals surface area contributed by atoms with Crippen molar-refractivity contribution in [3.63, 3.8) is 0 Å². The van der Waals surface area contributed by atoms with Crippen LogP contribution in [0.2, 0.25) is 0 Å². The molecule has 0 fully saturated rings. The first kappa shape index (κ1) is 23.3. The fourth-order valence-corrected chi connectivity index (χ4v) is 3.82. The van der Waals surface area contributed by atoms with Gasteiger partial charge in [-0.1, -0.05) is 6.07 Å². The highest BCUT2D eigenvalue weighted by molar-refractivity contribution is 7.92. The summed E-state index contributed by atoms with van der Waals surface area (Å²) in [6.45, 7) is 3.70. The number of sulfonamides is 1. The largest absolute Gasteiger partial charge is 0.497 e. The van der Waals surface area contributed by atoms with Gasteiger partial charge in [0, 0.05) is 11.6 Å². The Morgan fingerprint density at radius 1 is 1.10 bits per heavy atom. The zero-order chi connectivity index (χ0) is 22.3. The Labute approximate surface area is 177 Å². The minimum atomic E-state index is -3.70. The second-order valence-electron chi connectivity index (χ2n) is 6.60. The van der Waals surface area contributed by atoms with Crippen molar-refractivity contribution >= 4 is 21.6 Å². The summed E-state index contributed by atoms with van der Waals surface area (Å²) in [6.07, 6.45) is 1.06. The zero-order valence-electron chi connectivity index (χ0n) is 17.8. The van der Waals surface area contributed by atoms with Crippen molar-refractivity contribution in [1.82, 2.24) is 5.32 Å². The molecule has 164 valence electrons. The summed E-state index contributed by atoms with van der Waals surface area (Å²) in [5.74, 6) is 1.28. The highest BCUT2D eigenvalue weighted by Crippen LogP contribution is 2.29. The average molecular weight is 437 g/mol. The maximum absolute atomic E-state index is 12.7. The van der Waals surface area contributed by atoms with Crippen molar-refractivity contribution in [2.75, 3.05) is 37.9 Å².